The highest BCUT2D eigenvalue weighted by atomic mass is 32.2. The third-order valence-electron chi connectivity index (χ3n) is 4.08. The number of nitro groups is 1. The fourth-order valence-corrected chi connectivity index (χ4v) is 4.06. The van der Waals surface area contributed by atoms with Crippen molar-refractivity contribution in [1.82, 2.24) is 4.31 Å². The van der Waals surface area contributed by atoms with Crippen molar-refractivity contribution in [3.05, 3.63) is 64.0 Å². The van der Waals surface area contributed by atoms with E-state index in [4.69, 9.17) is 9.47 Å². The number of morpholine rings is 1. The minimum atomic E-state index is -3.88. The van der Waals surface area contributed by atoms with Crippen LogP contribution in [0.2, 0.25) is 0 Å². The molecule has 0 saturated carbocycles. The highest BCUT2D eigenvalue weighted by Crippen LogP contribution is 2.31. The quantitative estimate of drug-likeness (QED) is 0.549. The van der Waals surface area contributed by atoms with Gasteiger partial charge in [-0.25, -0.2) is 12.8 Å². The number of nitrogens with zero attached hydrogens (tertiary/aromatic N) is 2. The van der Waals surface area contributed by atoms with Gasteiger partial charge in [-0.3, -0.25) is 10.1 Å². The number of ether oxygens (including phenoxy) is 2. The van der Waals surface area contributed by atoms with Crippen LogP contribution in [0, 0.1) is 15.9 Å². The van der Waals surface area contributed by atoms with Crippen molar-refractivity contribution >= 4 is 15.7 Å². The summed E-state index contributed by atoms with van der Waals surface area (Å²) in [5.41, 5.74) is -0.266. The highest BCUT2D eigenvalue weighted by molar-refractivity contribution is 7.89. The van der Waals surface area contributed by atoms with Gasteiger partial charge in [-0.15, -0.1) is 0 Å². The Bertz CT molecular complexity index is 944. The average molecular weight is 396 g/mol. The summed E-state index contributed by atoms with van der Waals surface area (Å²) >= 11 is 0. The second-order valence-corrected chi connectivity index (χ2v) is 7.72. The minimum absolute atomic E-state index is 0.135. The number of hydrogen-bond donors (Lipinski definition) is 0. The van der Waals surface area contributed by atoms with Gasteiger partial charge in [0.2, 0.25) is 10.0 Å². The number of benzene rings is 2. The Morgan fingerprint density at radius 2 is 1.89 bits per heavy atom. The van der Waals surface area contributed by atoms with Gasteiger partial charge in [-0.1, -0.05) is 18.2 Å². The number of nitro benzene ring substituents is 1. The molecule has 0 aliphatic carbocycles. The molecule has 0 aromatic heterocycles. The number of sulfonamides is 1. The van der Waals surface area contributed by atoms with Gasteiger partial charge < -0.3 is 9.47 Å². The van der Waals surface area contributed by atoms with Crippen LogP contribution in [0.4, 0.5) is 10.1 Å². The normalized spacial score (nSPS) is 15.4. The Hall–Kier alpha value is -2.56. The van der Waals surface area contributed by atoms with Gasteiger partial charge in [0, 0.05) is 24.7 Å². The molecule has 0 atom stereocenters. The molecule has 27 heavy (non-hydrogen) atoms. The molecule has 1 fully saturated rings. The zero-order valence-corrected chi connectivity index (χ0v) is 15.0. The molecule has 1 aliphatic rings. The van der Waals surface area contributed by atoms with Crippen LogP contribution in [0.15, 0.2) is 47.4 Å². The van der Waals surface area contributed by atoms with E-state index in [1.165, 1.54) is 34.6 Å². The first kappa shape index (κ1) is 19.2. The van der Waals surface area contributed by atoms with Crippen molar-refractivity contribution in [2.75, 3.05) is 26.3 Å². The number of rotatable bonds is 6. The lowest BCUT2D eigenvalue weighted by Crippen LogP contribution is -2.40. The molecule has 0 unspecified atom stereocenters. The van der Waals surface area contributed by atoms with E-state index in [2.05, 4.69) is 0 Å². The van der Waals surface area contributed by atoms with Crippen molar-refractivity contribution in [1.29, 1.82) is 0 Å². The van der Waals surface area contributed by atoms with Crippen LogP contribution in [-0.2, 0) is 21.4 Å². The van der Waals surface area contributed by atoms with Gasteiger partial charge in [-0.2, -0.15) is 4.31 Å². The Kier molecular flexibility index (Phi) is 5.68. The van der Waals surface area contributed by atoms with Crippen molar-refractivity contribution in [3.63, 3.8) is 0 Å². The van der Waals surface area contributed by atoms with Crippen molar-refractivity contribution in [2.24, 2.45) is 0 Å². The number of hydrogen-bond acceptors (Lipinski definition) is 6. The maximum atomic E-state index is 13.7. The van der Waals surface area contributed by atoms with Gasteiger partial charge in [-0.05, 0) is 18.2 Å². The first-order valence-electron chi connectivity index (χ1n) is 8.12. The van der Waals surface area contributed by atoms with Crippen LogP contribution in [0.25, 0.3) is 0 Å². The number of halogens is 1. The zero-order valence-electron chi connectivity index (χ0n) is 14.2. The molecule has 10 heteroatoms. The summed E-state index contributed by atoms with van der Waals surface area (Å²) in [5, 5.41) is 11.4. The lowest BCUT2D eigenvalue weighted by atomic mass is 10.2. The Labute approximate surface area is 155 Å². The van der Waals surface area contributed by atoms with Gasteiger partial charge in [0.25, 0.3) is 0 Å². The molecular formula is C17H17FN2O6S. The van der Waals surface area contributed by atoms with Crippen molar-refractivity contribution < 1.29 is 27.2 Å². The maximum absolute atomic E-state index is 13.7. The second kappa shape index (κ2) is 7.99. The molecule has 0 radical (unpaired) electrons. The van der Waals surface area contributed by atoms with Gasteiger partial charge in [0.15, 0.2) is 5.75 Å². The average Bonchev–Trinajstić information content (AvgIpc) is 2.68. The van der Waals surface area contributed by atoms with Crippen LogP contribution >= 0.6 is 0 Å². The summed E-state index contributed by atoms with van der Waals surface area (Å²) in [6, 6.07) is 9.31. The van der Waals surface area contributed by atoms with E-state index in [0.29, 0.717) is 0 Å². The van der Waals surface area contributed by atoms with Gasteiger partial charge in [0.1, 0.15) is 12.4 Å². The Balaban J connectivity index is 1.86. The van der Waals surface area contributed by atoms with E-state index in [1.807, 2.05) is 0 Å². The lowest BCUT2D eigenvalue weighted by Gasteiger charge is -2.26. The van der Waals surface area contributed by atoms with Gasteiger partial charge in [0.05, 0.1) is 23.0 Å². The van der Waals surface area contributed by atoms with Crippen LogP contribution in [0.5, 0.6) is 5.75 Å². The van der Waals surface area contributed by atoms with Crippen LogP contribution in [0.3, 0.4) is 0 Å². The topological polar surface area (TPSA) is 99.0 Å². The predicted octanol–water partition coefficient (Wildman–Crippen LogP) is 2.33. The largest absolute Gasteiger partial charge is 0.482 e. The molecule has 1 heterocycles. The van der Waals surface area contributed by atoms with Crippen LogP contribution in [0.1, 0.15) is 5.56 Å². The molecule has 1 aliphatic heterocycles. The predicted molar refractivity (Wildman–Crippen MR) is 93.4 cm³/mol. The van der Waals surface area contributed by atoms with Crippen molar-refractivity contribution in [2.45, 2.75) is 11.5 Å². The van der Waals surface area contributed by atoms with Crippen molar-refractivity contribution in [3.8, 4) is 5.75 Å². The summed E-state index contributed by atoms with van der Waals surface area (Å²) in [4.78, 5) is 10.5. The Morgan fingerprint density at radius 3 is 2.56 bits per heavy atom. The molecule has 0 N–H and O–H groups in total. The molecule has 144 valence electrons. The monoisotopic (exact) mass is 396 g/mol. The molecule has 0 bridgehead atoms. The standard InChI is InChI=1S/C17H17FN2O6S/c18-15-4-2-1-3-13(15)12-26-17-6-5-14(11-16(17)20(21)22)27(23,24)19-7-9-25-10-8-19/h1-6,11H,7-10,12H2. The molecule has 2 aromatic rings. The van der Waals surface area contributed by atoms with Crippen LogP contribution in [-0.4, -0.2) is 43.9 Å². The maximum Gasteiger partial charge on any atom is 0.312 e. The molecule has 1 saturated heterocycles. The Morgan fingerprint density at radius 1 is 1.19 bits per heavy atom. The van der Waals surface area contributed by atoms with E-state index < -0.39 is 26.5 Å². The third-order valence-corrected chi connectivity index (χ3v) is 5.97. The van der Waals surface area contributed by atoms with E-state index in [-0.39, 0.29) is 49.1 Å². The SMILES string of the molecule is O=[N+]([O-])c1cc(S(=O)(=O)N2CCOCC2)ccc1OCc1ccccc1F. The molecule has 3 rings (SSSR count). The molecule has 8 nitrogen and oxygen atoms in total. The van der Waals surface area contributed by atoms with E-state index in [1.54, 1.807) is 6.07 Å². The summed E-state index contributed by atoms with van der Waals surface area (Å²) in [6.07, 6.45) is 0. The molecule has 0 amide bonds. The summed E-state index contributed by atoms with van der Waals surface area (Å²) < 4.78 is 50.7. The summed E-state index contributed by atoms with van der Waals surface area (Å²) in [6.45, 7) is 0.683. The highest BCUT2D eigenvalue weighted by Gasteiger charge is 2.29. The second-order valence-electron chi connectivity index (χ2n) is 5.78. The lowest BCUT2D eigenvalue weighted by molar-refractivity contribution is -0.386. The van der Waals surface area contributed by atoms with E-state index in [9.17, 15) is 22.9 Å². The summed E-state index contributed by atoms with van der Waals surface area (Å²) in [5.74, 6) is -0.629. The first-order chi connectivity index (χ1) is 12.9. The summed E-state index contributed by atoms with van der Waals surface area (Å²) in [7, 11) is -3.88. The fourth-order valence-electron chi connectivity index (χ4n) is 2.63. The smallest absolute Gasteiger partial charge is 0.312 e. The minimum Gasteiger partial charge on any atom is -0.482 e. The zero-order chi connectivity index (χ0) is 19.4. The van der Waals surface area contributed by atoms with E-state index >= 15 is 0 Å². The fraction of sp³-hybridized carbons (Fsp3) is 0.294. The molecule has 2 aromatic carbocycles. The molecule has 0 spiro atoms. The van der Waals surface area contributed by atoms with Gasteiger partial charge >= 0.3 is 5.69 Å². The third kappa shape index (κ3) is 4.24. The van der Waals surface area contributed by atoms with E-state index in [0.717, 1.165) is 6.07 Å². The first-order valence-corrected chi connectivity index (χ1v) is 9.56. The van der Waals surface area contributed by atoms with Crippen LogP contribution < -0.4 is 4.74 Å². The molecular weight excluding hydrogens is 379 g/mol.